The van der Waals surface area contributed by atoms with Gasteiger partial charge in [-0.15, -0.1) is 0 Å². The fraction of sp³-hybridized carbons (Fsp3) is 0.467. The molecule has 4 nitrogen and oxygen atoms in total. The Morgan fingerprint density at radius 3 is 2.74 bits per heavy atom. The highest BCUT2D eigenvalue weighted by atomic mass is 16.2. The summed E-state index contributed by atoms with van der Waals surface area (Å²) < 4.78 is 1.91. The molecule has 102 valence electrons. The maximum absolute atomic E-state index is 12.0. The number of rotatable bonds is 5. The molecule has 0 atom stereocenters. The fourth-order valence-corrected chi connectivity index (χ4v) is 2.32. The van der Waals surface area contributed by atoms with Crippen molar-refractivity contribution in [2.75, 3.05) is 13.1 Å². The van der Waals surface area contributed by atoms with Crippen molar-refractivity contribution >= 4 is 16.8 Å². The minimum Gasteiger partial charge on any atom is -0.343 e. The highest BCUT2D eigenvalue weighted by molar-refractivity contribution is 5.80. The lowest BCUT2D eigenvalue weighted by atomic mass is 10.2. The van der Waals surface area contributed by atoms with Gasteiger partial charge in [-0.2, -0.15) is 5.10 Å². The van der Waals surface area contributed by atoms with Crippen molar-refractivity contribution < 1.29 is 4.79 Å². The van der Waals surface area contributed by atoms with Gasteiger partial charge in [-0.3, -0.25) is 9.48 Å². The van der Waals surface area contributed by atoms with Gasteiger partial charge in [-0.1, -0.05) is 11.6 Å². The number of aryl methyl sites for hydroxylation is 2. The molecule has 1 amide bonds. The van der Waals surface area contributed by atoms with E-state index < -0.39 is 0 Å². The lowest BCUT2D eigenvalue weighted by Crippen LogP contribution is -2.31. The standard InChI is InChI=1S/C15H21N3O/c1-4-17(5-2)15(19)8-9-18-14-7-6-12(3)10-13(14)11-16-18/h6-7,10-11H,4-5,8-9H2,1-3H3. The number of nitrogens with zero attached hydrogens (tertiary/aromatic N) is 3. The molecule has 4 heteroatoms. The van der Waals surface area contributed by atoms with E-state index in [1.807, 2.05) is 29.6 Å². The summed E-state index contributed by atoms with van der Waals surface area (Å²) in [5, 5.41) is 5.50. The Morgan fingerprint density at radius 2 is 2.05 bits per heavy atom. The molecule has 0 bridgehead atoms. The largest absolute Gasteiger partial charge is 0.343 e. The van der Waals surface area contributed by atoms with Gasteiger partial charge in [0.1, 0.15) is 0 Å². The average molecular weight is 259 g/mol. The zero-order valence-electron chi connectivity index (χ0n) is 11.9. The highest BCUT2D eigenvalue weighted by Gasteiger charge is 2.10. The van der Waals surface area contributed by atoms with E-state index in [0.29, 0.717) is 13.0 Å². The van der Waals surface area contributed by atoms with Crippen LogP contribution in [0.5, 0.6) is 0 Å². The van der Waals surface area contributed by atoms with Gasteiger partial charge in [0.15, 0.2) is 0 Å². The number of carbonyl (C=O) groups is 1. The Hall–Kier alpha value is -1.84. The van der Waals surface area contributed by atoms with Crippen molar-refractivity contribution in [1.82, 2.24) is 14.7 Å². The van der Waals surface area contributed by atoms with Gasteiger partial charge < -0.3 is 4.90 Å². The monoisotopic (exact) mass is 259 g/mol. The van der Waals surface area contributed by atoms with E-state index in [4.69, 9.17) is 0 Å². The van der Waals surface area contributed by atoms with Gasteiger partial charge in [0.05, 0.1) is 18.3 Å². The summed E-state index contributed by atoms with van der Waals surface area (Å²) >= 11 is 0. The van der Waals surface area contributed by atoms with Crippen molar-refractivity contribution in [1.29, 1.82) is 0 Å². The summed E-state index contributed by atoms with van der Waals surface area (Å²) in [5.41, 5.74) is 2.32. The third-order valence-corrected chi connectivity index (χ3v) is 3.45. The van der Waals surface area contributed by atoms with Crippen LogP contribution in [0.4, 0.5) is 0 Å². The third kappa shape index (κ3) is 2.95. The molecule has 0 fully saturated rings. The molecule has 19 heavy (non-hydrogen) atoms. The maximum Gasteiger partial charge on any atom is 0.224 e. The first kappa shape index (κ1) is 13.6. The molecule has 1 heterocycles. The minimum atomic E-state index is 0.195. The third-order valence-electron chi connectivity index (χ3n) is 3.45. The number of carbonyl (C=O) groups excluding carboxylic acids is 1. The first-order chi connectivity index (χ1) is 9.15. The van der Waals surface area contributed by atoms with Crippen LogP contribution in [-0.2, 0) is 11.3 Å². The second-order valence-corrected chi connectivity index (χ2v) is 4.75. The maximum atomic E-state index is 12.0. The van der Waals surface area contributed by atoms with E-state index in [9.17, 15) is 4.79 Å². The van der Waals surface area contributed by atoms with Crippen LogP contribution in [0, 0.1) is 6.92 Å². The molecule has 2 rings (SSSR count). The van der Waals surface area contributed by atoms with Crippen LogP contribution in [0.1, 0.15) is 25.8 Å². The van der Waals surface area contributed by atoms with Crippen molar-refractivity contribution in [3.8, 4) is 0 Å². The molecular formula is C15H21N3O. The molecule has 0 N–H and O–H groups in total. The highest BCUT2D eigenvalue weighted by Crippen LogP contribution is 2.15. The summed E-state index contributed by atoms with van der Waals surface area (Å²) in [6.07, 6.45) is 2.37. The van der Waals surface area contributed by atoms with Gasteiger partial charge in [0, 0.05) is 24.9 Å². The van der Waals surface area contributed by atoms with Crippen molar-refractivity contribution in [2.45, 2.75) is 33.7 Å². The van der Waals surface area contributed by atoms with E-state index >= 15 is 0 Å². The van der Waals surface area contributed by atoms with Gasteiger partial charge >= 0.3 is 0 Å². The Labute approximate surface area is 114 Å². The van der Waals surface area contributed by atoms with Crippen LogP contribution in [0.3, 0.4) is 0 Å². The van der Waals surface area contributed by atoms with E-state index in [2.05, 4.69) is 30.2 Å². The quantitative estimate of drug-likeness (QED) is 0.827. The van der Waals surface area contributed by atoms with Crippen LogP contribution in [0.25, 0.3) is 10.9 Å². The number of benzene rings is 1. The first-order valence-electron chi connectivity index (χ1n) is 6.85. The van der Waals surface area contributed by atoms with Crippen LogP contribution >= 0.6 is 0 Å². The number of hydrogen-bond acceptors (Lipinski definition) is 2. The number of fused-ring (bicyclic) bond motifs is 1. The fourth-order valence-electron chi connectivity index (χ4n) is 2.32. The summed E-state index contributed by atoms with van der Waals surface area (Å²) in [7, 11) is 0. The molecule has 0 aliphatic carbocycles. The predicted molar refractivity (Wildman–Crippen MR) is 77.0 cm³/mol. The van der Waals surface area contributed by atoms with Crippen molar-refractivity contribution in [3.63, 3.8) is 0 Å². The summed E-state index contributed by atoms with van der Waals surface area (Å²) in [5.74, 6) is 0.195. The summed E-state index contributed by atoms with van der Waals surface area (Å²) in [6.45, 7) is 8.27. The first-order valence-corrected chi connectivity index (χ1v) is 6.85. The molecule has 1 aromatic heterocycles. The SMILES string of the molecule is CCN(CC)C(=O)CCn1ncc2cc(C)ccc21. The smallest absolute Gasteiger partial charge is 0.224 e. The summed E-state index contributed by atoms with van der Waals surface area (Å²) in [6, 6.07) is 6.26. The molecule has 1 aromatic carbocycles. The van der Waals surface area contributed by atoms with Gasteiger partial charge in [-0.05, 0) is 32.9 Å². The molecule has 0 aliphatic rings. The molecule has 2 aromatic rings. The number of aromatic nitrogens is 2. The summed E-state index contributed by atoms with van der Waals surface area (Å²) in [4.78, 5) is 13.8. The second-order valence-electron chi connectivity index (χ2n) is 4.75. The molecule has 0 spiro atoms. The predicted octanol–water partition coefficient (Wildman–Crippen LogP) is 2.60. The van der Waals surface area contributed by atoms with E-state index in [1.165, 1.54) is 5.56 Å². The van der Waals surface area contributed by atoms with E-state index in [1.54, 1.807) is 0 Å². The molecule has 0 saturated heterocycles. The zero-order chi connectivity index (χ0) is 13.8. The van der Waals surface area contributed by atoms with Gasteiger partial charge in [0.25, 0.3) is 0 Å². The van der Waals surface area contributed by atoms with E-state index in [0.717, 1.165) is 24.0 Å². The minimum absolute atomic E-state index is 0.195. The Kier molecular flexibility index (Phi) is 4.20. The number of amides is 1. The molecule has 0 aliphatic heterocycles. The van der Waals surface area contributed by atoms with Crippen LogP contribution in [0.2, 0.25) is 0 Å². The molecule has 0 radical (unpaired) electrons. The van der Waals surface area contributed by atoms with Gasteiger partial charge in [0.2, 0.25) is 5.91 Å². The molecule has 0 unspecified atom stereocenters. The van der Waals surface area contributed by atoms with Crippen LogP contribution in [0.15, 0.2) is 24.4 Å². The lowest BCUT2D eigenvalue weighted by molar-refractivity contribution is -0.131. The van der Waals surface area contributed by atoms with Crippen LogP contribution < -0.4 is 0 Å². The zero-order valence-corrected chi connectivity index (χ0v) is 11.9. The Morgan fingerprint density at radius 1 is 1.32 bits per heavy atom. The van der Waals surface area contributed by atoms with Crippen molar-refractivity contribution in [2.24, 2.45) is 0 Å². The van der Waals surface area contributed by atoms with Crippen LogP contribution in [-0.4, -0.2) is 33.7 Å². The lowest BCUT2D eigenvalue weighted by Gasteiger charge is -2.18. The molecular weight excluding hydrogens is 238 g/mol. The van der Waals surface area contributed by atoms with E-state index in [-0.39, 0.29) is 5.91 Å². The Balaban J connectivity index is 2.08. The molecule has 0 saturated carbocycles. The second kappa shape index (κ2) is 5.87. The topological polar surface area (TPSA) is 38.1 Å². The van der Waals surface area contributed by atoms with Gasteiger partial charge in [-0.25, -0.2) is 0 Å². The normalized spacial score (nSPS) is 10.9. The van der Waals surface area contributed by atoms with Crippen molar-refractivity contribution in [3.05, 3.63) is 30.0 Å². The number of hydrogen-bond donors (Lipinski definition) is 0. The Bertz CT molecular complexity index is 570. The average Bonchev–Trinajstić information content (AvgIpc) is 2.80.